The number of nitrogen functional groups attached to an aromatic ring is 2. The summed E-state index contributed by atoms with van der Waals surface area (Å²) in [6.07, 6.45) is -10.7. The Hall–Kier alpha value is -2.67. The van der Waals surface area contributed by atoms with Crippen LogP contribution in [0, 0.1) is 0 Å². The van der Waals surface area contributed by atoms with Crippen molar-refractivity contribution < 1.29 is 79.6 Å². The number of ether oxygens (including phenoxy) is 2. The summed E-state index contributed by atoms with van der Waals surface area (Å²) in [6.45, 7) is -0.957. The van der Waals surface area contributed by atoms with Crippen molar-refractivity contribution in [3.05, 3.63) is 29.3 Å². The first-order chi connectivity index (χ1) is 21.3. The van der Waals surface area contributed by atoms with Crippen molar-refractivity contribution >= 4 is 52.0 Å². The standard InChI is InChI=1S/C21H24FN10O11PS.Na/c22-9-13-8(41-19(9)31-5-27-10-15(23)25-4-26-16(10)31)3-39-44(35,36)42-14-12(33)7(1-2-45(37,38)43-13)40-20(14)32-6-28-11-17(32)29-21(24)30-18(11)34;/h4-9,12-14,19-20,33H,1-3H2,(H,35,36)(H2,23,25,26)(H3,24,29,30,34);/q;+1/p-1/t7-,8-,9-,12-,13?,14-,19-,20-;/m1./s1. The molecule has 3 aliphatic rings. The molecule has 6 N–H and O–H groups in total. The van der Waals surface area contributed by atoms with Gasteiger partial charge in [0, 0.05) is 0 Å². The predicted molar refractivity (Wildman–Crippen MR) is 143 cm³/mol. The first kappa shape index (κ1) is 33.2. The van der Waals surface area contributed by atoms with Crippen molar-refractivity contribution in [1.29, 1.82) is 0 Å². The molecule has 9 atom stereocenters. The molecule has 2 unspecified atom stereocenters. The van der Waals surface area contributed by atoms with Crippen LogP contribution >= 0.6 is 7.82 Å². The Kier molecular flexibility index (Phi) is 8.74. The number of aromatic nitrogens is 8. The zero-order chi connectivity index (χ0) is 31.8. The number of fused-ring (bicyclic) bond motifs is 5. The van der Waals surface area contributed by atoms with Gasteiger partial charge in [0.2, 0.25) is 5.95 Å². The molecule has 242 valence electrons. The van der Waals surface area contributed by atoms with Crippen LogP contribution in [0.2, 0.25) is 0 Å². The number of phosphoric ester groups is 1. The third-order valence-electron chi connectivity index (χ3n) is 7.52. The molecule has 0 saturated carbocycles. The summed E-state index contributed by atoms with van der Waals surface area (Å²) in [5.74, 6) is -1.09. The molecule has 3 aliphatic heterocycles. The summed E-state index contributed by atoms with van der Waals surface area (Å²) in [4.78, 5) is 47.4. The number of nitrogens with zero attached hydrogens (tertiary/aromatic N) is 7. The van der Waals surface area contributed by atoms with Crippen molar-refractivity contribution in [2.45, 2.75) is 55.6 Å². The molecular formula is C21H23FN10NaO11PS. The van der Waals surface area contributed by atoms with Gasteiger partial charge < -0.3 is 40.0 Å². The fraction of sp³-hybridized carbons (Fsp3) is 0.524. The normalized spacial score (nSPS) is 34.8. The molecule has 7 rings (SSSR count). The maximum atomic E-state index is 15.9. The van der Waals surface area contributed by atoms with Crippen molar-refractivity contribution in [2.75, 3.05) is 23.8 Å². The number of nitrogens with two attached hydrogens (primary N) is 2. The average Bonchev–Trinajstić information content (AvgIpc) is 3.72. The number of aliphatic hydroxyl groups is 1. The average molecular weight is 697 g/mol. The maximum Gasteiger partial charge on any atom is 1.00 e. The zero-order valence-corrected chi connectivity index (χ0v) is 27.2. The minimum absolute atomic E-state index is 0. The van der Waals surface area contributed by atoms with E-state index in [1.807, 2.05) is 0 Å². The number of rotatable bonds is 2. The van der Waals surface area contributed by atoms with Crippen molar-refractivity contribution in [3.63, 3.8) is 0 Å². The van der Waals surface area contributed by atoms with E-state index in [0.29, 0.717) is 0 Å². The SMILES string of the molecule is Nc1nc2c(ncn2[C@@H]2O[C@@H]3CCS(=O)(=O)OC4[C@@H](F)[C@H](n5cnc6c(N)ncnc65)O[C@@H]4COP(=O)([O-])O[C@@H]2[C@@H]3O)c(=O)[nH]1.[Na+]. The van der Waals surface area contributed by atoms with Gasteiger partial charge in [-0.25, -0.2) is 24.3 Å². The fourth-order valence-electron chi connectivity index (χ4n) is 5.47. The minimum atomic E-state index is -5.38. The molecule has 0 aliphatic carbocycles. The number of aromatic amines is 1. The number of hydrogen-bond donors (Lipinski definition) is 4. The van der Waals surface area contributed by atoms with Crippen LogP contribution in [0.15, 0.2) is 23.8 Å². The van der Waals surface area contributed by atoms with E-state index in [4.69, 9.17) is 34.2 Å². The summed E-state index contributed by atoms with van der Waals surface area (Å²) in [6, 6.07) is 0. The summed E-state index contributed by atoms with van der Waals surface area (Å²) in [7, 11) is -9.94. The van der Waals surface area contributed by atoms with Gasteiger partial charge in [0.05, 0.1) is 31.1 Å². The van der Waals surface area contributed by atoms with E-state index in [2.05, 4.69) is 29.9 Å². The van der Waals surface area contributed by atoms with Gasteiger partial charge in [-0.15, -0.1) is 0 Å². The van der Waals surface area contributed by atoms with E-state index in [1.54, 1.807) is 0 Å². The third kappa shape index (κ3) is 5.84. The topological polar surface area (TPSA) is 300 Å². The van der Waals surface area contributed by atoms with E-state index >= 15 is 4.39 Å². The molecule has 0 amide bonds. The van der Waals surface area contributed by atoms with Crippen molar-refractivity contribution in [3.8, 4) is 0 Å². The molecule has 0 aromatic carbocycles. The first-order valence-corrected chi connectivity index (χ1v) is 16.2. The van der Waals surface area contributed by atoms with E-state index in [1.165, 1.54) is 0 Å². The number of alkyl halides is 1. The number of hydrogen-bond acceptors (Lipinski definition) is 18. The van der Waals surface area contributed by atoms with Gasteiger partial charge in [-0.3, -0.25) is 27.7 Å². The molecule has 0 spiro atoms. The first-order valence-electron chi connectivity index (χ1n) is 13.2. The molecule has 21 nitrogen and oxygen atoms in total. The Labute approximate surface area is 278 Å². The van der Waals surface area contributed by atoms with Crippen molar-refractivity contribution in [2.24, 2.45) is 0 Å². The fourth-order valence-corrected chi connectivity index (χ4v) is 7.57. The molecule has 3 fully saturated rings. The van der Waals surface area contributed by atoms with Crippen LogP contribution in [-0.2, 0) is 37.4 Å². The number of imidazole rings is 2. The molecular weight excluding hydrogens is 673 g/mol. The molecule has 3 saturated heterocycles. The van der Waals surface area contributed by atoms with Crippen molar-refractivity contribution in [1.82, 2.24) is 39.0 Å². The van der Waals surface area contributed by atoms with Crippen LogP contribution in [0.5, 0.6) is 0 Å². The summed E-state index contributed by atoms with van der Waals surface area (Å²) < 4.78 is 84.3. The zero-order valence-electron chi connectivity index (χ0n) is 23.5. The van der Waals surface area contributed by atoms with Crippen LogP contribution in [0.1, 0.15) is 18.9 Å². The van der Waals surface area contributed by atoms with E-state index in [-0.39, 0.29) is 63.7 Å². The number of anilines is 2. The third-order valence-corrected chi connectivity index (χ3v) is 9.74. The number of H-pyrrole nitrogens is 1. The molecule has 46 heavy (non-hydrogen) atoms. The maximum absolute atomic E-state index is 15.9. The Morgan fingerprint density at radius 2 is 1.74 bits per heavy atom. The second-order valence-corrected chi connectivity index (χ2v) is 13.4. The summed E-state index contributed by atoms with van der Waals surface area (Å²) in [5, 5.41) is 11.0. The second-order valence-electron chi connectivity index (χ2n) is 10.3. The van der Waals surface area contributed by atoms with Gasteiger partial charge in [0.15, 0.2) is 41.3 Å². The number of phosphoric acid groups is 1. The Bertz CT molecular complexity index is 2010. The van der Waals surface area contributed by atoms with Gasteiger partial charge in [0.1, 0.15) is 36.3 Å². The molecule has 2 bridgehead atoms. The van der Waals surface area contributed by atoms with Gasteiger partial charge >= 0.3 is 29.6 Å². The molecule has 7 heterocycles. The summed E-state index contributed by atoms with van der Waals surface area (Å²) in [5.41, 5.74) is 10.6. The number of halogens is 1. The predicted octanol–water partition coefficient (Wildman–Crippen LogP) is -5.39. The number of aliphatic hydroxyl groups excluding tert-OH is 1. The second kappa shape index (κ2) is 12.1. The van der Waals surface area contributed by atoms with Gasteiger partial charge in [0.25, 0.3) is 23.5 Å². The Morgan fingerprint density at radius 3 is 2.50 bits per heavy atom. The van der Waals surface area contributed by atoms with E-state index in [9.17, 15) is 27.8 Å². The van der Waals surface area contributed by atoms with Crippen LogP contribution in [0.25, 0.3) is 22.3 Å². The van der Waals surface area contributed by atoms with Crippen LogP contribution in [0.4, 0.5) is 16.2 Å². The Balaban J connectivity index is 0.00000372. The van der Waals surface area contributed by atoms with Gasteiger partial charge in [-0.05, 0) is 6.42 Å². The number of nitrogens with one attached hydrogen (secondary N) is 1. The molecule has 0 radical (unpaired) electrons. The van der Waals surface area contributed by atoms with Gasteiger partial charge in [-0.1, -0.05) is 0 Å². The van der Waals surface area contributed by atoms with Crippen LogP contribution in [0.3, 0.4) is 0 Å². The smallest absolute Gasteiger partial charge is 0.756 e. The largest absolute Gasteiger partial charge is 1.00 e. The minimum Gasteiger partial charge on any atom is -0.756 e. The quantitative estimate of drug-likeness (QED) is 0.0863. The Morgan fingerprint density at radius 1 is 1.04 bits per heavy atom. The molecule has 25 heteroatoms. The van der Waals surface area contributed by atoms with E-state index < -0.39 is 91.4 Å². The van der Waals surface area contributed by atoms with Gasteiger partial charge in [-0.2, -0.15) is 13.4 Å². The van der Waals surface area contributed by atoms with E-state index in [0.717, 1.165) is 28.1 Å². The molecule has 4 aromatic rings. The molecule has 4 aromatic heterocycles. The van der Waals surface area contributed by atoms with Crippen LogP contribution < -0.4 is 51.5 Å². The van der Waals surface area contributed by atoms with Crippen LogP contribution in [-0.4, -0.2) is 102 Å². The summed E-state index contributed by atoms with van der Waals surface area (Å²) >= 11 is 0. The monoisotopic (exact) mass is 696 g/mol.